The third-order valence-corrected chi connectivity index (χ3v) is 2.02. The molecule has 0 aromatic heterocycles. The number of hydrogen-bond donors (Lipinski definition) is 1. The third kappa shape index (κ3) is 1.53. The van der Waals surface area contributed by atoms with E-state index in [1.54, 1.807) is 0 Å². The van der Waals surface area contributed by atoms with Crippen LogP contribution >= 0.6 is 0 Å². The van der Waals surface area contributed by atoms with Crippen molar-refractivity contribution in [2.45, 2.75) is 6.42 Å². The summed E-state index contributed by atoms with van der Waals surface area (Å²) >= 11 is 0. The molecule has 0 radical (unpaired) electrons. The summed E-state index contributed by atoms with van der Waals surface area (Å²) in [6, 6.07) is 3.25. The van der Waals surface area contributed by atoms with Gasteiger partial charge in [0.25, 0.3) is 0 Å². The fourth-order valence-corrected chi connectivity index (χ4v) is 1.36. The van der Waals surface area contributed by atoms with E-state index < -0.39 is 11.6 Å². The molecule has 0 saturated carbocycles. The first-order valence-electron chi connectivity index (χ1n) is 4.19. The summed E-state index contributed by atoms with van der Waals surface area (Å²) in [6.07, 6.45) is 0.330. The van der Waals surface area contributed by atoms with Crippen molar-refractivity contribution in [1.82, 2.24) is 5.43 Å². The van der Waals surface area contributed by atoms with Gasteiger partial charge in [-0.1, -0.05) is 0 Å². The molecule has 1 aliphatic rings. The fourth-order valence-electron chi connectivity index (χ4n) is 1.36. The van der Waals surface area contributed by atoms with E-state index in [4.69, 9.17) is 0 Å². The number of carbonyl (C=O) groups is 1. The molecule has 1 amide bonds. The first-order valence-corrected chi connectivity index (χ1v) is 4.19. The maximum atomic E-state index is 13.2. The number of rotatable bonds is 1. The van der Waals surface area contributed by atoms with Crippen LogP contribution in [0.15, 0.2) is 18.2 Å². The Morgan fingerprint density at radius 2 is 2.14 bits per heavy atom. The van der Waals surface area contributed by atoms with Crippen LogP contribution in [0.3, 0.4) is 0 Å². The van der Waals surface area contributed by atoms with Crippen molar-refractivity contribution >= 4 is 11.6 Å². The second-order valence-electron chi connectivity index (χ2n) is 3.03. The summed E-state index contributed by atoms with van der Waals surface area (Å²) in [4.78, 5) is 10.9. The average molecular weight is 198 g/mol. The zero-order chi connectivity index (χ0) is 10.1. The lowest BCUT2D eigenvalue weighted by molar-refractivity contribution is -0.119. The molecule has 1 aliphatic heterocycles. The number of nitrogens with one attached hydrogen (secondary N) is 1. The highest BCUT2D eigenvalue weighted by molar-refractivity contribution is 5.81. The minimum absolute atomic E-state index is 0.159. The Balaban J connectivity index is 2.28. The predicted molar refractivity (Wildman–Crippen MR) is 46.5 cm³/mol. The van der Waals surface area contributed by atoms with Gasteiger partial charge in [-0.3, -0.25) is 15.2 Å². The van der Waals surface area contributed by atoms with E-state index in [9.17, 15) is 13.6 Å². The van der Waals surface area contributed by atoms with Crippen molar-refractivity contribution in [2.24, 2.45) is 0 Å². The minimum Gasteiger partial charge on any atom is -0.282 e. The zero-order valence-electron chi connectivity index (χ0n) is 7.26. The Kier molecular flexibility index (Phi) is 2.07. The van der Waals surface area contributed by atoms with Crippen molar-refractivity contribution in [3.05, 3.63) is 29.8 Å². The topological polar surface area (TPSA) is 32.3 Å². The number of hydrogen-bond acceptors (Lipinski definition) is 2. The van der Waals surface area contributed by atoms with E-state index in [1.807, 2.05) is 0 Å². The van der Waals surface area contributed by atoms with Gasteiger partial charge in [0, 0.05) is 19.0 Å². The Morgan fingerprint density at radius 1 is 1.36 bits per heavy atom. The molecule has 1 saturated heterocycles. The number of nitrogens with zero attached hydrogens (tertiary/aromatic N) is 1. The monoisotopic (exact) mass is 198 g/mol. The van der Waals surface area contributed by atoms with E-state index in [-0.39, 0.29) is 11.6 Å². The Morgan fingerprint density at radius 3 is 2.71 bits per heavy atom. The molecular formula is C9H8F2N2O. The number of hydrazine groups is 1. The van der Waals surface area contributed by atoms with Gasteiger partial charge >= 0.3 is 0 Å². The number of benzene rings is 1. The van der Waals surface area contributed by atoms with Gasteiger partial charge in [-0.05, 0) is 12.1 Å². The van der Waals surface area contributed by atoms with Crippen LogP contribution in [0.2, 0.25) is 0 Å². The first kappa shape index (κ1) is 8.93. The number of amides is 1. The molecule has 14 heavy (non-hydrogen) atoms. The molecule has 0 aliphatic carbocycles. The fraction of sp³-hybridized carbons (Fsp3) is 0.222. The molecule has 5 heteroatoms. The summed E-state index contributed by atoms with van der Waals surface area (Å²) in [6.45, 7) is 0.404. The molecule has 2 rings (SSSR count). The summed E-state index contributed by atoms with van der Waals surface area (Å²) in [5, 5.41) is 1.37. The Bertz CT molecular complexity index is 381. The van der Waals surface area contributed by atoms with Crippen LogP contribution in [0.5, 0.6) is 0 Å². The second-order valence-corrected chi connectivity index (χ2v) is 3.03. The normalized spacial score (nSPS) is 15.9. The van der Waals surface area contributed by atoms with Crippen molar-refractivity contribution in [2.75, 3.05) is 11.6 Å². The number of anilines is 1. The van der Waals surface area contributed by atoms with Crippen LogP contribution in [0.1, 0.15) is 6.42 Å². The molecule has 0 unspecified atom stereocenters. The Labute approximate surface area is 79.3 Å². The smallest absolute Gasteiger partial charge is 0.240 e. The van der Waals surface area contributed by atoms with Crippen LogP contribution in [0, 0.1) is 11.6 Å². The number of halogens is 2. The summed E-state index contributed by atoms with van der Waals surface area (Å²) < 4.78 is 25.8. The first-order chi connectivity index (χ1) is 6.66. The van der Waals surface area contributed by atoms with Crippen LogP contribution in [0.4, 0.5) is 14.5 Å². The van der Waals surface area contributed by atoms with E-state index in [2.05, 4.69) is 5.43 Å². The van der Waals surface area contributed by atoms with E-state index in [0.29, 0.717) is 13.0 Å². The van der Waals surface area contributed by atoms with Gasteiger partial charge in [0.1, 0.15) is 5.82 Å². The summed E-state index contributed by atoms with van der Waals surface area (Å²) in [5.74, 6) is -1.46. The van der Waals surface area contributed by atoms with Crippen molar-refractivity contribution in [3.8, 4) is 0 Å². The van der Waals surface area contributed by atoms with Crippen molar-refractivity contribution in [3.63, 3.8) is 0 Å². The lowest BCUT2D eigenvalue weighted by Gasteiger charge is -2.17. The lowest BCUT2D eigenvalue weighted by atomic mass is 10.3. The van der Waals surface area contributed by atoms with Crippen LogP contribution < -0.4 is 10.4 Å². The molecule has 1 heterocycles. The van der Waals surface area contributed by atoms with Gasteiger partial charge in [-0.25, -0.2) is 8.78 Å². The highest BCUT2D eigenvalue weighted by Gasteiger charge is 2.21. The van der Waals surface area contributed by atoms with Gasteiger partial charge in [0.2, 0.25) is 5.91 Å². The predicted octanol–water partition coefficient (Wildman–Crippen LogP) is 1.21. The average Bonchev–Trinajstić information content (AvgIpc) is 2.51. The quantitative estimate of drug-likeness (QED) is 0.735. The molecular weight excluding hydrogens is 190 g/mol. The molecule has 1 fully saturated rings. The maximum absolute atomic E-state index is 13.2. The summed E-state index contributed by atoms with van der Waals surface area (Å²) in [5.41, 5.74) is 2.65. The largest absolute Gasteiger partial charge is 0.282 e. The van der Waals surface area contributed by atoms with E-state index >= 15 is 0 Å². The summed E-state index contributed by atoms with van der Waals surface area (Å²) in [7, 11) is 0. The highest BCUT2D eigenvalue weighted by Crippen LogP contribution is 2.20. The zero-order valence-corrected chi connectivity index (χ0v) is 7.26. The molecule has 74 valence electrons. The van der Waals surface area contributed by atoms with Gasteiger partial charge in [0.05, 0.1) is 5.69 Å². The molecule has 0 spiro atoms. The van der Waals surface area contributed by atoms with E-state index in [1.165, 1.54) is 11.1 Å². The number of carbonyl (C=O) groups excluding carboxylic acids is 1. The standard InChI is InChI=1S/C9H8F2N2O/c10-6-1-2-8(7(11)5-6)13-4-3-9(14)12-13/h1-2,5H,3-4H2,(H,12,14). The maximum Gasteiger partial charge on any atom is 0.240 e. The Hall–Kier alpha value is -1.65. The molecule has 0 atom stereocenters. The molecule has 1 aromatic carbocycles. The minimum atomic E-state index is -0.674. The lowest BCUT2D eigenvalue weighted by Crippen LogP contribution is -2.33. The SMILES string of the molecule is O=C1CCN(c2ccc(F)cc2F)N1. The van der Waals surface area contributed by atoms with Crippen LogP contribution in [-0.4, -0.2) is 12.5 Å². The molecule has 1 N–H and O–H groups in total. The molecule has 3 nitrogen and oxygen atoms in total. The van der Waals surface area contributed by atoms with Crippen LogP contribution in [0.25, 0.3) is 0 Å². The van der Waals surface area contributed by atoms with Crippen LogP contribution in [-0.2, 0) is 4.79 Å². The second kappa shape index (κ2) is 3.25. The van der Waals surface area contributed by atoms with E-state index in [0.717, 1.165) is 12.1 Å². The van der Waals surface area contributed by atoms with Gasteiger partial charge in [-0.2, -0.15) is 0 Å². The van der Waals surface area contributed by atoms with Gasteiger partial charge in [-0.15, -0.1) is 0 Å². The van der Waals surface area contributed by atoms with Crippen molar-refractivity contribution < 1.29 is 13.6 Å². The van der Waals surface area contributed by atoms with Gasteiger partial charge < -0.3 is 0 Å². The third-order valence-electron chi connectivity index (χ3n) is 2.02. The molecule has 0 bridgehead atoms. The van der Waals surface area contributed by atoms with Gasteiger partial charge in [0.15, 0.2) is 5.82 Å². The van der Waals surface area contributed by atoms with Crippen molar-refractivity contribution in [1.29, 1.82) is 0 Å². The highest BCUT2D eigenvalue weighted by atomic mass is 19.1. The molecule has 1 aromatic rings.